The Bertz CT molecular complexity index is 348. The van der Waals surface area contributed by atoms with E-state index < -0.39 is 0 Å². The minimum atomic E-state index is 0.192. The van der Waals surface area contributed by atoms with Gasteiger partial charge in [0.15, 0.2) is 0 Å². The topological polar surface area (TPSA) is 29.5 Å². The summed E-state index contributed by atoms with van der Waals surface area (Å²) in [5, 5.41) is 10.3. The Labute approximate surface area is 108 Å². The molecule has 1 atom stereocenters. The van der Waals surface area contributed by atoms with Crippen molar-refractivity contribution in [3.63, 3.8) is 0 Å². The second-order valence-corrected chi connectivity index (χ2v) is 5.16. The van der Waals surface area contributed by atoms with Crippen molar-refractivity contribution in [3.05, 3.63) is 34.9 Å². The third-order valence-electron chi connectivity index (χ3n) is 3.50. The Hall–Kier alpha value is -0.570. The van der Waals surface area contributed by atoms with Crippen molar-refractivity contribution in [2.75, 3.05) is 19.8 Å². The van der Waals surface area contributed by atoms with Crippen molar-refractivity contribution in [1.29, 1.82) is 0 Å². The van der Waals surface area contributed by atoms with Gasteiger partial charge in [0.2, 0.25) is 0 Å². The minimum Gasteiger partial charge on any atom is -0.396 e. The number of hydrogen-bond acceptors (Lipinski definition) is 2. The lowest BCUT2D eigenvalue weighted by Gasteiger charge is -2.26. The maximum atomic E-state index is 9.53. The number of benzene rings is 1. The number of rotatable bonds is 4. The molecule has 1 aliphatic rings. The molecule has 0 radical (unpaired) electrons. The summed E-state index contributed by atoms with van der Waals surface area (Å²) in [5.41, 5.74) is 1.14. The lowest BCUT2D eigenvalue weighted by Crippen LogP contribution is -2.19. The van der Waals surface area contributed by atoms with E-state index in [1.54, 1.807) is 0 Å². The van der Waals surface area contributed by atoms with Crippen LogP contribution in [0.1, 0.15) is 30.7 Å². The van der Waals surface area contributed by atoms with E-state index >= 15 is 0 Å². The van der Waals surface area contributed by atoms with E-state index in [1.807, 2.05) is 24.3 Å². The average Bonchev–Trinajstić information content (AvgIpc) is 2.37. The Morgan fingerprint density at radius 2 is 2.12 bits per heavy atom. The molecule has 17 heavy (non-hydrogen) atoms. The van der Waals surface area contributed by atoms with E-state index in [0.29, 0.717) is 5.92 Å². The van der Waals surface area contributed by atoms with Crippen LogP contribution in [-0.2, 0) is 4.74 Å². The van der Waals surface area contributed by atoms with Gasteiger partial charge in [-0.25, -0.2) is 0 Å². The number of hydrogen-bond donors (Lipinski definition) is 1. The summed E-state index contributed by atoms with van der Waals surface area (Å²) < 4.78 is 5.36. The molecule has 0 saturated carbocycles. The van der Waals surface area contributed by atoms with Crippen molar-refractivity contribution in [2.24, 2.45) is 5.92 Å². The molecule has 2 nitrogen and oxygen atoms in total. The molecule has 1 aromatic rings. The van der Waals surface area contributed by atoms with Gasteiger partial charge in [-0.15, -0.1) is 0 Å². The van der Waals surface area contributed by atoms with Crippen LogP contribution in [0, 0.1) is 5.92 Å². The van der Waals surface area contributed by atoms with Crippen LogP contribution in [0.25, 0.3) is 0 Å². The van der Waals surface area contributed by atoms with Crippen LogP contribution in [0.15, 0.2) is 24.3 Å². The van der Waals surface area contributed by atoms with Gasteiger partial charge in [0.25, 0.3) is 0 Å². The lowest BCUT2D eigenvalue weighted by atomic mass is 9.85. The SMILES string of the molecule is OCC(CC1CCOCC1)c1cccc(Cl)c1. The normalized spacial score (nSPS) is 19.2. The van der Waals surface area contributed by atoms with E-state index in [9.17, 15) is 5.11 Å². The van der Waals surface area contributed by atoms with E-state index in [2.05, 4.69) is 0 Å². The second-order valence-electron chi connectivity index (χ2n) is 4.73. The Balaban J connectivity index is 2.00. The lowest BCUT2D eigenvalue weighted by molar-refractivity contribution is 0.0591. The molecule has 1 N–H and O–H groups in total. The van der Waals surface area contributed by atoms with E-state index in [-0.39, 0.29) is 12.5 Å². The minimum absolute atomic E-state index is 0.192. The third-order valence-corrected chi connectivity index (χ3v) is 3.73. The molecule has 1 aromatic carbocycles. The fourth-order valence-electron chi connectivity index (χ4n) is 2.46. The summed E-state index contributed by atoms with van der Waals surface area (Å²) in [6, 6.07) is 7.83. The van der Waals surface area contributed by atoms with Crippen LogP contribution in [0.3, 0.4) is 0 Å². The van der Waals surface area contributed by atoms with Crippen molar-refractivity contribution in [3.8, 4) is 0 Å². The molecular weight excluding hydrogens is 236 g/mol. The van der Waals surface area contributed by atoms with Crippen LogP contribution < -0.4 is 0 Å². The first-order chi connectivity index (χ1) is 8.29. The predicted molar refractivity (Wildman–Crippen MR) is 69.4 cm³/mol. The summed E-state index contributed by atoms with van der Waals surface area (Å²) in [7, 11) is 0. The molecule has 0 spiro atoms. The van der Waals surface area contributed by atoms with Gasteiger partial charge in [0.05, 0.1) is 0 Å². The van der Waals surface area contributed by atoms with Crippen LogP contribution in [0.2, 0.25) is 5.02 Å². The summed E-state index contributed by atoms with van der Waals surface area (Å²) in [4.78, 5) is 0. The molecular formula is C14H19ClO2. The highest BCUT2D eigenvalue weighted by atomic mass is 35.5. The Morgan fingerprint density at radius 1 is 1.35 bits per heavy atom. The molecule has 1 unspecified atom stereocenters. The monoisotopic (exact) mass is 254 g/mol. The molecule has 1 aliphatic heterocycles. The summed E-state index contributed by atoms with van der Waals surface area (Å²) in [6.45, 7) is 1.91. The molecule has 3 heteroatoms. The van der Waals surface area contributed by atoms with Crippen LogP contribution in [0.4, 0.5) is 0 Å². The summed E-state index contributed by atoms with van der Waals surface area (Å²) in [5.74, 6) is 0.872. The smallest absolute Gasteiger partial charge is 0.0499 e. The zero-order valence-corrected chi connectivity index (χ0v) is 10.7. The molecule has 2 rings (SSSR count). The van der Waals surface area contributed by atoms with Crippen LogP contribution in [0.5, 0.6) is 0 Å². The number of halogens is 1. The Kier molecular flexibility index (Phi) is 4.84. The fraction of sp³-hybridized carbons (Fsp3) is 0.571. The Morgan fingerprint density at radius 3 is 2.76 bits per heavy atom. The van der Waals surface area contributed by atoms with Gasteiger partial charge in [-0.3, -0.25) is 0 Å². The first kappa shape index (κ1) is 12.9. The highest BCUT2D eigenvalue weighted by Crippen LogP contribution is 2.30. The summed E-state index contributed by atoms with van der Waals surface area (Å²) >= 11 is 5.99. The van der Waals surface area contributed by atoms with Gasteiger partial charge >= 0.3 is 0 Å². The van der Waals surface area contributed by atoms with Crippen molar-refractivity contribution >= 4 is 11.6 Å². The third kappa shape index (κ3) is 3.70. The highest BCUT2D eigenvalue weighted by Gasteiger charge is 2.20. The van der Waals surface area contributed by atoms with Gasteiger partial charge < -0.3 is 9.84 Å². The largest absolute Gasteiger partial charge is 0.396 e. The maximum Gasteiger partial charge on any atom is 0.0499 e. The predicted octanol–water partition coefficient (Wildman–Crippen LogP) is 3.23. The maximum absolute atomic E-state index is 9.53. The molecule has 1 fully saturated rings. The zero-order chi connectivity index (χ0) is 12.1. The van der Waals surface area contributed by atoms with E-state index in [4.69, 9.17) is 16.3 Å². The van der Waals surface area contributed by atoms with Gasteiger partial charge in [-0.1, -0.05) is 23.7 Å². The van der Waals surface area contributed by atoms with E-state index in [0.717, 1.165) is 43.1 Å². The highest BCUT2D eigenvalue weighted by molar-refractivity contribution is 6.30. The average molecular weight is 255 g/mol. The molecule has 0 aliphatic carbocycles. The summed E-state index contributed by atoms with van der Waals surface area (Å²) in [6.07, 6.45) is 3.24. The molecule has 94 valence electrons. The first-order valence-corrected chi connectivity index (χ1v) is 6.61. The first-order valence-electron chi connectivity index (χ1n) is 6.23. The number of aliphatic hydroxyl groups excluding tert-OH is 1. The van der Waals surface area contributed by atoms with Gasteiger partial charge in [0.1, 0.15) is 0 Å². The number of aliphatic hydroxyl groups is 1. The van der Waals surface area contributed by atoms with Crippen molar-refractivity contribution in [1.82, 2.24) is 0 Å². The van der Waals surface area contributed by atoms with Crippen molar-refractivity contribution in [2.45, 2.75) is 25.2 Å². The molecule has 0 bridgehead atoms. The van der Waals surface area contributed by atoms with Crippen LogP contribution >= 0.6 is 11.6 Å². The van der Waals surface area contributed by atoms with Crippen LogP contribution in [-0.4, -0.2) is 24.9 Å². The molecule has 1 saturated heterocycles. The second kappa shape index (κ2) is 6.39. The standard InChI is InChI=1S/C14H19ClO2/c15-14-3-1-2-12(9-14)13(10-16)8-11-4-6-17-7-5-11/h1-3,9,11,13,16H,4-8,10H2. The van der Waals surface area contributed by atoms with E-state index in [1.165, 1.54) is 0 Å². The number of ether oxygens (including phenoxy) is 1. The molecule has 1 heterocycles. The van der Waals surface area contributed by atoms with Gasteiger partial charge in [-0.2, -0.15) is 0 Å². The van der Waals surface area contributed by atoms with Gasteiger partial charge in [0, 0.05) is 30.8 Å². The molecule has 0 aromatic heterocycles. The zero-order valence-electron chi connectivity index (χ0n) is 9.94. The molecule has 0 amide bonds. The fourth-order valence-corrected chi connectivity index (χ4v) is 2.66. The quantitative estimate of drug-likeness (QED) is 0.894. The van der Waals surface area contributed by atoms with Crippen molar-refractivity contribution < 1.29 is 9.84 Å². The van der Waals surface area contributed by atoms with Gasteiger partial charge in [-0.05, 0) is 42.9 Å².